The summed E-state index contributed by atoms with van der Waals surface area (Å²) >= 11 is 3.16. The van der Waals surface area contributed by atoms with Crippen molar-refractivity contribution in [3.8, 4) is 0 Å². The number of carbonyl (C=O) groups excluding carboxylic acids is 1. The maximum absolute atomic E-state index is 13.5. The fraction of sp³-hybridized carbons (Fsp3) is 0.417. The Morgan fingerprint density at radius 3 is 2.65 bits per heavy atom. The zero-order valence-electron chi connectivity index (χ0n) is 9.30. The molecule has 92 valence electrons. The van der Waals surface area contributed by atoms with Crippen molar-refractivity contribution in [3.05, 3.63) is 28.5 Å². The summed E-state index contributed by atoms with van der Waals surface area (Å²) in [7, 11) is 0. The van der Waals surface area contributed by atoms with Crippen molar-refractivity contribution in [2.24, 2.45) is 5.73 Å². The monoisotopic (exact) mass is 300 g/mol. The first-order chi connectivity index (χ1) is 8.01. The number of halogens is 2. The van der Waals surface area contributed by atoms with Crippen LogP contribution in [-0.2, 0) is 4.79 Å². The van der Waals surface area contributed by atoms with E-state index in [-0.39, 0.29) is 11.6 Å². The molecule has 0 bridgehead atoms. The van der Waals surface area contributed by atoms with Gasteiger partial charge in [0.1, 0.15) is 5.82 Å². The highest BCUT2D eigenvalue weighted by Crippen LogP contribution is 2.29. The van der Waals surface area contributed by atoms with E-state index in [1.54, 1.807) is 6.07 Å². The molecule has 1 fully saturated rings. The number of carbonyl (C=O) groups is 1. The third-order valence-electron chi connectivity index (χ3n) is 3.13. The van der Waals surface area contributed by atoms with Gasteiger partial charge in [-0.2, -0.15) is 0 Å². The summed E-state index contributed by atoms with van der Waals surface area (Å²) in [6.07, 6.45) is 3.23. The molecule has 1 aromatic carbocycles. The molecule has 0 saturated heterocycles. The number of nitrogens with two attached hydrogens (primary N) is 1. The zero-order chi connectivity index (χ0) is 12.5. The van der Waals surface area contributed by atoms with Crippen LogP contribution in [0.1, 0.15) is 25.7 Å². The van der Waals surface area contributed by atoms with Gasteiger partial charge < -0.3 is 11.1 Å². The van der Waals surface area contributed by atoms with Crippen LogP contribution in [0.4, 0.5) is 10.1 Å². The molecule has 0 spiro atoms. The summed E-state index contributed by atoms with van der Waals surface area (Å²) in [4.78, 5) is 12.0. The van der Waals surface area contributed by atoms with Gasteiger partial charge in [0.15, 0.2) is 0 Å². The van der Waals surface area contributed by atoms with Crippen LogP contribution in [0.2, 0.25) is 0 Å². The summed E-state index contributed by atoms with van der Waals surface area (Å²) in [5.41, 5.74) is 5.33. The summed E-state index contributed by atoms with van der Waals surface area (Å²) in [5, 5.41) is 2.56. The summed E-state index contributed by atoms with van der Waals surface area (Å²) < 4.78 is 14.2. The molecule has 0 atom stereocenters. The van der Waals surface area contributed by atoms with Crippen LogP contribution < -0.4 is 11.1 Å². The first-order valence-electron chi connectivity index (χ1n) is 5.57. The summed E-state index contributed by atoms with van der Waals surface area (Å²) in [6, 6.07) is 4.51. The molecule has 3 N–H and O–H groups in total. The normalized spacial score (nSPS) is 18.1. The minimum absolute atomic E-state index is 0.176. The number of anilines is 1. The molecule has 2 rings (SSSR count). The Morgan fingerprint density at radius 1 is 1.41 bits per heavy atom. The maximum atomic E-state index is 13.5. The molecule has 1 aliphatic carbocycles. The van der Waals surface area contributed by atoms with Crippen molar-refractivity contribution < 1.29 is 9.18 Å². The SMILES string of the molecule is NC1(C(=O)Nc2ccc(Br)cc2F)CCCC1. The Balaban J connectivity index is 2.13. The zero-order valence-corrected chi connectivity index (χ0v) is 10.9. The van der Waals surface area contributed by atoms with Crippen LogP contribution in [0, 0.1) is 5.82 Å². The minimum atomic E-state index is -0.834. The van der Waals surface area contributed by atoms with E-state index < -0.39 is 11.4 Å². The number of hydrogen-bond donors (Lipinski definition) is 2. The number of rotatable bonds is 2. The van der Waals surface area contributed by atoms with Crippen LogP contribution >= 0.6 is 15.9 Å². The van der Waals surface area contributed by atoms with Gasteiger partial charge in [-0.15, -0.1) is 0 Å². The van der Waals surface area contributed by atoms with E-state index in [0.717, 1.165) is 12.8 Å². The number of hydrogen-bond acceptors (Lipinski definition) is 2. The Labute approximate surface area is 108 Å². The molecule has 17 heavy (non-hydrogen) atoms. The molecule has 1 aliphatic rings. The molecular weight excluding hydrogens is 287 g/mol. The van der Waals surface area contributed by atoms with E-state index >= 15 is 0 Å². The molecule has 0 heterocycles. The van der Waals surface area contributed by atoms with Gasteiger partial charge in [-0.05, 0) is 31.0 Å². The Kier molecular flexibility index (Phi) is 3.49. The van der Waals surface area contributed by atoms with E-state index in [2.05, 4.69) is 21.2 Å². The van der Waals surface area contributed by atoms with E-state index in [1.807, 2.05) is 0 Å². The highest BCUT2D eigenvalue weighted by Gasteiger charge is 2.37. The Hall–Kier alpha value is -0.940. The molecule has 1 amide bonds. The standard InChI is InChI=1S/C12H14BrFN2O/c13-8-3-4-10(9(14)7-8)16-11(17)12(15)5-1-2-6-12/h3-4,7H,1-2,5-6,15H2,(H,16,17). The maximum Gasteiger partial charge on any atom is 0.244 e. The van der Waals surface area contributed by atoms with Gasteiger partial charge in [-0.1, -0.05) is 28.8 Å². The van der Waals surface area contributed by atoms with Gasteiger partial charge in [-0.3, -0.25) is 4.79 Å². The van der Waals surface area contributed by atoms with Gasteiger partial charge in [0.25, 0.3) is 0 Å². The lowest BCUT2D eigenvalue weighted by Crippen LogP contribution is -2.48. The minimum Gasteiger partial charge on any atom is -0.322 e. The number of nitrogens with one attached hydrogen (secondary N) is 1. The van der Waals surface area contributed by atoms with Gasteiger partial charge in [-0.25, -0.2) is 4.39 Å². The van der Waals surface area contributed by atoms with Crippen molar-refractivity contribution in [3.63, 3.8) is 0 Å². The fourth-order valence-electron chi connectivity index (χ4n) is 2.07. The average Bonchev–Trinajstić information content (AvgIpc) is 2.71. The first-order valence-corrected chi connectivity index (χ1v) is 6.36. The largest absolute Gasteiger partial charge is 0.322 e. The van der Waals surface area contributed by atoms with Crippen molar-refractivity contribution in [1.82, 2.24) is 0 Å². The summed E-state index contributed by atoms with van der Waals surface area (Å²) in [6.45, 7) is 0. The molecule has 0 radical (unpaired) electrons. The van der Waals surface area contributed by atoms with Gasteiger partial charge >= 0.3 is 0 Å². The molecule has 5 heteroatoms. The van der Waals surface area contributed by atoms with Gasteiger partial charge in [0, 0.05) is 4.47 Å². The molecule has 1 saturated carbocycles. The third-order valence-corrected chi connectivity index (χ3v) is 3.62. The predicted octanol–water partition coefficient (Wildman–Crippen LogP) is 2.80. The average molecular weight is 301 g/mol. The molecule has 1 aromatic rings. The van der Waals surface area contributed by atoms with E-state index in [1.165, 1.54) is 12.1 Å². The number of amides is 1. The first kappa shape index (κ1) is 12.5. The fourth-order valence-corrected chi connectivity index (χ4v) is 2.40. The quantitative estimate of drug-likeness (QED) is 0.882. The second-order valence-electron chi connectivity index (χ2n) is 4.44. The van der Waals surface area contributed by atoms with Gasteiger partial charge in [0.05, 0.1) is 11.2 Å². The highest BCUT2D eigenvalue weighted by atomic mass is 79.9. The second-order valence-corrected chi connectivity index (χ2v) is 5.36. The van der Waals surface area contributed by atoms with Crippen LogP contribution in [0.15, 0.2) is 22.7 Å². The van der Waals surface area contributed by atoms with Gasteiger partial charge in [0.2, 0.25) is 5.91 Å². The molecule has 0 aromatic heterocycles. The Bertz CT molecular complexity index is 444. The highest BCUT2D eigenvalue weighted by molar-refractivity contribution is 9.10. The lowest BCUT2D eigenvalue weighted by atomic mass is 9.98. The topological polar surface area (TPSA) is 55.1 Å². The van der Waals surface area contributed by atoms with E-state index in [0.29, 0.717) is 17.3 Å². The van der Waals surface area contributed by atoms with Crippen LogP contribution in [0.5, 0.6) is 0 Å². The molecule has 3 nitrogen and oxygen atoms in total. The van der Waals surface area contributed by atoms with Crippen LogP contribution in [0.3, 0.4) is 0 Å². The van der Waals surface area contributed by atoms with E-state index in [4.69, 9.17) is 5.73 Å². The predicted molar refractivity (Wildman–Crippen MR) is 68.1 cm³/mol. The lowest BCUT2D eigenvalue weighted by Gasteiger charge is -2.22. The van der Waals surface area contributed by atoms with Crippen molar-refractivity contribution in [2.45, 2.75) is 31.2 Å². The second kappa shape index (κ2) is 4.74. The van der Waals surface area contributed by atoms with Crippen molar-refractivity contribution in [2.75, 3.05) is 5.32 Å². The van der Waals surface area contributed by atoms with Crippen LogP contribution in [0.25, 0.3) is 0 Å². The Morgan fingerprint density at radius 2 is 2.06 bits per heavy atom. The molecular formula is C12H14BrFN2O. The third kappa shape index (κ3) is 2.66. The lowest BCUT2D eigenvalue weighted by molar-refractivity contribution is -0.121. The van der Waals surface area contributed by atoms with Crippen molar-refractivity contribution >= 4 is 27.5 Å². The van der Waals surface area contributed by atoms with E-state index in [9.17, 15) is 9.18 Å². The van der Waals surface area contributed by atoms with Crippen molar-refractivity contribution in [1.29, 1.82) is 0 Å². The summed E-state index contributed by atoms with van der Waals surface area (Å²) in [5.74, 6) is -0.759. The smallest absolute Gasteiger partial charge is 0.244 e. The molecule has 0 unspecified atom stereocenters. The molecule has 0 aliphatic heterocycles. The number of benzene rings is 1. The van der Waals surface area contributed by atoms with Crippen LogP contribution in [-0.4, -0.2) is 11.4 Å².